The highest BCUT2D eigenvalue weighted by Gasteiger charge is 2.32. The number of azo groups is 1. The van der Waals surface area contributed by atoms with E-state index in [4.69, 9.17) is 19.8 Å². The maximum absolute atomic E-state index is 11.2. The lowest BCUT2D eigenvalue weighted by molar-refractivity contribution is 0.0904. The van der Waals surface area contributed by atoms with Crippen molar-refractivity contribution in [2.45, 2.75) is 16.7 Å². The number of hydrogen-bond donors (Lipinski definition) is 2. The molecule has 0 saturated carbocycles. The van der Waals surface area contributed by atoms with E-state index in [1.54, 1.807) is 24.3 Å². The van der Waals surface area contributed by atoms with Crippen LogP contribution in [0, 0.1) is 0 Å². The summed E-state index contributed by atoms with van der Waals surface area (Å²) in [6, 6.07) is 3.71. The zero-order valence-electron chi connectivity index (χ0n) is 12.6. The second-order valence-corrected chi connectivity index (χ2v) is 6.22. The molecule has 2 atom stereocenters. The molecule has 2 unspecified atom stereocenters. The van der Waals surface area contributed by atoms with Gasteiger partial charge in [0.15, 0.2) is 5.66 Å². The molecule has 0 amide bonds. The van der Waals surface area contributed by atoms with Crippen LogP contribution in [-0.2, 0) is 14.9 Å². The zero-order chi connectivity index (χ0) is 17.1. The number of benzene rings is 1. The Kier molecular flexibility index (Phi) is 4.95. The first-order valence-corrected chi connectivity index (χ1v) is 8.00. The molecule has 1 aromatic carbocycles. The SMILES string of the molecule is COc1ccc(S(=O)(=O)O)cc1/N=N/C1(N)C=CC=CC1OC. The van der Waals surface area contributed by atoms with Crippen molar-refractivity contribution >= 4 is 15.8 Å². The van der Waals surface area contributed by atoms with E-state index in [-0.39, 0.29) is 16.3 Å². The Morgan fingerprint density at radius 3 is 2.65 bits per heavy atom. The van der Waals surface area contributed by atoms with E-state index in [2.05, 4.69) is 10.2 Å². The molecule has 1 aliphatic rings. The van der Waals surface area contributed by atoms with E-state index in [9.17, 15) is 8.42 Å². The van der Waals surface area contributed by atoms with Crippen LogP contribution in [0.3, 0.4) is 0 Å². The van der Waals surface area contributed by atoms with Gasteiger partial charge in [0.1, 0.15) is 17.5 Å². The molecule has 23 heavy (non-hydrogen) atoms. The third-order valence-electron chi connectivity index (χ3n) is 3.25. The van der Waals surface area contributed by atoms with Gasteiger partial charge in [-0.3, -0.25) is 10.3 Å². The van der Waals surface area contributed by atoms with Crippen LogP contribution in [0.25, 0.3) is 0 Å². The van der Waals surface area contributed by atoms with Crippen molar-refractivity contribution in [1.29, 1.82) is 0 Å². The lowest BCUT2D eigenvalue weighted by Crippen LogP contribution is -2.48. The standard InChI is InChI=1S/C14H17N3O5S/c1-21-12-7-6-10(23(18,19)20)9-11(12)16-17-14(15)8-4-3-5-13(14)22-2/h3-9,13H,15H2,1-2H3,(H,18,19,20)/b17-16+. The Morgan fingerprint density at radius 1 is 1.30 bits per heavy atom. The molecule has 0 bridgehead atoms. The molecule has 8 nitrogen and oxygen atoms in total. The van der Waals surface area contributed by atoms with Crippen molar-refractivity contribution in [3.05, 3.63) is 42.5 Å². The third-order valence-corrected chi connectivity index (χ3v) is 4.10. The van der Waals surface area contributed by atoms with Crippen molar-refractivity contribution in [2.24, 2.45) is 16.0 Å². The van der Waals surface area contributed by atoms with Gasteiger partial charge in [-0.25, -0.2) is 0 Å². The van der Waals surface area contributed by atoms with Gasteiger partial charge < -0.3 is 9.47 Å². The first-order valence-electron chi connectivity index (χ1n) is 6.56. The lowest BCUT2D eigenvalue weighted by Gasteiger charge is -2.28. The molecule has 0 spiro atoms. The van der Waals surface area contributed by atoms with E-state index >= 15 is 0 Å². The molecular formula is C14H17N3O5S. The van der Waals surface area contributed by atoms with Crippen LogP contribution >= 0.6 is 0 Å². The molecule has 0 aliphatic heterocycles. The fourth-order valence-electron chi connectivity index (χ4n) is 2.03. The molecule has 0 saturated heterocycles. The molecule has 3 N–H and O–H groups in total. The monoisotopic (exact) mass is 339 g/mol. The summed E-state index contributed by atoms with van der Waals surface area (Å²) >= 11 is 0. The van der Waals surface area contributed by atoms with E-state index in [1.165, 1.54) is 26.4 Å². The summed E-state index contributed by atoms with van der Waals surface area (Å²) in [5, 5.41) is 8.03. The highest BCUT2D eigenvalue weighted by atomic mass is 32.2. The molecule has 2 rings (SSSR count). The maximum Gasteiger partial charge on any atom is 0.294 e. The van der Waals surface area contributed by atoms with Crippen molar-refractivity contribution in [2.75, 3.05) is 14.2 Å². The van der Waals surface area contributed by atoms with Crippen LogP contribution in [0.4, 0.5) is 5.69 Å². The third kappa shape index (κ3) is 3.82. The summed E-state index contributed by atoms with van der Waals surface area (Å²) in [6.45, 7) is 0. The Morgan fingerprint density at radius 2 is 2.04 bits per heavy atom. The fourth-order valence-corrected chi connectivity index (χ4v) is 2.53. The van der Waals surface area contributed by atoms with Gasteiger partial charge in [0, 0.05) is 7.11 Å². The number of rotatable bonds is 5. The number of nitrogens with zero attached hydrogens (tertiary/aromatic N) is 2. The molecule has 1 aromatic rings. The van der Waals surface area contributed by atoms with E-state index in [0.717, 1.165) is 6.07 Å². The molecule has 124 valence electrons. The van der Waals surface area contributed by atoms with Crippen LogP contribution < -0.4 is 10.5 Å². The fraction of sp³-hybridized carbons (Fsp3) is 0.286. The van der Waals surface area contributed by atoms with Gasteiger partial charge >= 0.3 is 0 Å². The van der Waals surface area contributed by atoms with Crippen molar-refractivity contribution in [3.8, 4) is 5.75 Å². The van der Waals surface area contributed by atoms with Crippen LogP contribution in [0.1, 0.15) is 0 Å². The maximum atomic E-state index is 11.2. The summed E-state index contributed by atoms with van der Waals surface area (Å²) in [4.78, 5) is -0.319. The average Bonchev–Trinajstić information content (AvgIpc) is 2.52. The first kappa shape index (κ1) is 17.3. The van der Waals surface area contributed by atoms with E-state index < -0.39 is 21.9 Å². The zero-order valence-corrected chi connectivity index (χ0v) is 13.4. The van der Waals surface area contributed by atoms with Crippen LogP contribution in [0.5, 0.6) is 5.75 Å². The number of nitrogens with two attached hydrogens (primary N) is 1. The van der Waals surface area contributed by atoms with E-state index in [0.29, 0.717) is 0 Å². The number of methoxy groups -OCH3 is 2. The van der Waals surface area contributed by atoms with Gasteiger partial charge in [-0.05, 0) is 24.3 Å². The predicted octanol–water partition coefficient (Wildman–Crippen LogP) is 1.82. The Balaban J connectivity index is 2.42. The van der Waals surface area contributed by atoms with Gasteiger partial charge in [-0.2, -0.15) is 13.5 Å². The molecular weight excluding hydrogens is 322 g/mol. The lowest BCUT2D eigenvalue weighted by atomic mass is 10.00. The van der Waals surface area contributed by atoms with Crippen molar-refractivity contribution < 1.29 is 22.4 Å². The molecule has 0 heterocycles. The van der Waals surface area contributed by atoms with Crippen LogP contribution in [0.15, 0.2) is 57.6 Å². The van der Waals surface area contributed by atoms with Gasteiger partial charge in [0.2, 0.25) is 0 Å². The second-order valence-electron chi connectivity index (χ2n) is 4.80. The molecule has 9 heteroatoms. The summed E-state index contributed by atoms with van der Waals surface area (Å²) in [7, 11) is -1.47. The van der Waals surface area contributed by atoms with Gasteiger partial charge in [-0.1, -0.05) is 18.2 Å². The van der Waals surface area contributed by atoms with Crippen LogP contribution in [-0.4, -0.2) is 39.0 Å². The minimum absolute atomic E-state index is 0.116. The second kappa shape index (κ2) is 6.59. The predicted molar refractivity (Wildman–Crippen MR) is 83.3 cm³/mol. The van der Waals surface area contributed by atoms with Gasteiger partial charge in [-0.15, -0.1) is 5.11 Å². The topological polar surface area (TPSA) is 124 Å². The first-order chi connectivity index (χ1) is 10.8. The average molecular weight is 339 g/mol. The summed E-state index contributed by atoms with van der Waals surface area (Å²) < 4.78 is 41.9. The number of allylic oxidation sites excluding steroid dienone is 2. The molecule has 0 radical (unpaired) electrons. The summed E-state index contributed by atoms with van der Waals surface area (Å²) in [5.41, 5.74) is 5.03. The van der Waals surface area contributed by atoms with Gasteiger partial charge in [0.25, 0.3) is 10.1 Å². The molecule has 1 aliphatic carbocycles. The Labute approximate surface area is 134 Å². The minimum atomic E-state index is -4.36. The van der Waals surface area contributed by atoms with Gasteiger partial charge in [0.05, 0.1) is 12.0 Å². The highest BCUT2D eigenvalue weighted by Crippen LogP contribution is 2.32. The summed E-state index contributed by atoms with van der Waals surface area (Å²) in [5.74, 6) is 0.286. The van der Waals surface area contributed by atoms with E-state index in [1.807, 2.05) is 0 Å². The smallest absolute Gasteiger partial charge is 0.294 e. The Hall–Kier alpha value is -2.07. The van der Waals surface area contributed by atoms with Crippen LogP contribution in [0.2, 0.25) is 0 Å². The van der Waals surface area contributed by atoms with Crippen molar-refractivity contribution in [1.82, 2.24) is 0 Å². The molecule has 0 aromatic heterocycles. The highest BCUT2D eigenvalue weighted by molar-refractivity contribution is 7.85. The normalized spacial score (nSPS) is 24.3. The quantitative estimate of drug-likeness (QED) is 0.623. The number of hydrogen-bond acceptors (Lipinski definition) is 7. The molecule has 0 fully saturated rings. The van der Waals surface area contributed by atoms with Crippen molar-refractivity contribution in [3.63, 3.8) is 0 Å². The summed E-state index contributed by atoms with van der Waals surface area (Å²) in [6.07, 6.45) is 6.30. The number of ether oxygens (including phenoxy) is 2. The largest absolute Gasteiger partial charge is 0.494 e. The Bertz CT molecular complexity index is 773. The minimum Gasteiger partial charge on any atom is -0.494 e.